The molecule has 0 aromatic heterocycles. The molecule has 0 unspecified atom stereocenters. The molecule has 0 fully saturated rings. The van der Waals surface area contributed by atoms with Gasteiger partial charge in [0.05, 0.1) is 11.1 Å². The Morgan fingerprint density at radius 3 is 1.63 bits per heavy atom. The Kier molecular flexibility index (Phi) is 8.42. The van der Waals surface area contributed by atoms with Crippen LogP contribution in [0.25, 0.3) is 11.1 Å². The van der Waals surface area contributed by atoms with Crippen LogP contribution in [-0.2, 0) is 0 Å². The summed E-state index contributed by atoms with van der Waals surface area (Å²) >= 11 is 0. The largest absolute Gasteiger partial charge is 0.481 e. The number of carbonyl (C=O) groups is 2. The van der Waals surface area contributed by atoms with Crippen LogP contribution in [0, 0.1) is 24.7 Å². The van der Waals surface area contributed by atoms with Crippen LogP contribution in [0.2, 0.25) is 0 Å². The molecular weight excluding hydrogens is 480 g/mol. The van der Waals surface area contributed by atoms with Crippen LogP contribution in [0.4, 0.5) is 0 Å². The molecule has 0 N–H and O–H groups in total. The van der Waals surface area contributed by atoms with Gasteiger partial charge in [0, 0.05) is 5.56 Å². The molecule has 0 amide bonds. The molecule has 0 aliphatic carbocycles. The Morgan fingerprint density at radius 2 is 1.11 bits per heavy atom. The smallest absolute Gasteiger partial charge is 0.343 e. The van der Waals surface area contributed by atoms with E-state index in [9.17, 15) is 9.59 Å². The third kappa shape index (κ3) is 6.60. The molecule has 4 aromatic rings. The number of hydrogen-bond acceptors (Lipinski definition) is 6. The van der Waals surface area contributed by atoms with Crippen molar-refractivity contribution in [2.45, 2.75) is 0 Å². The van der Waals surface area contributed by atoms with Crippen LogP contribution < -0.4 is 18.9 Å². The van der Waals surface area contributed by atoms with Gasteiger partial charge in [-0.15, -0.1) is 12.8 Å². The summed E-state index contributed by atoms with van der Waals surface area (Å²) in [5.74, 6) is 5.36. The Bertz CT molecular complexity index is 1490. The molecule has 4 aromatic carbocycles. The van der Waals surface area contributed by atoms with Crippen molar-refractivity contribution in [2.24, 2.45) is 0 Å². The zero-order chi connectivity index (χ0) is 26.7. The van der Waals surface area contributed by atoms with E-state index in [1.54, 1.807) is 66.7 Å². The van der Waals surface area contributed by atoms with Crippen molar-refractivity contribution in [3.8, 4) is 58.8 Å². The van der Waals surface area contributed by atoms with Crippen LogP contribution in [0.3, 0.4) is 0 Å². The summed E-state index contributed by atoms with van der Waals surface area (Å²) in [5.41, 5.74) is 2.03. The number of rotatable bonds is 9. The predicted octanol–water partition coefficient (Wildman–Crippen LogP) is 5.82. The summed E-state index contributed by atoms with van der Waals surface area (Å²) in [5, 5.41) is 0. The lowest BCUT2D eigenvalue weighted by molar-refractivity contribution is 0.0720. The Balaban J connectivity index is 1.54. The Labute approximate surface area is 220 Å². The van der Waals surface area contributed by atoms with E-state index < -0.39 is 11.9 Å². The molecule has 0 spiro atoms. The first-order valence-electron chi connectivity index (χ1n) is 11.5. The molecule has 186 valence electrons. The number of terminal acetylenes is 2. The summed E-state index contributed by atoms with van der Waals surface area (Å²) in [7, 11) is 0. The van der Waals surface area contributed by atoms with E-state index in [2.05, 4.69) is 11.8 Å². The number of carbonyl (C=O) groups excluding carboxylic acids is 2. The van der Waals surface area contributed by atoms with Crippen molar-refractivity contribution in [3.05, 3.63) is 108 Å². The third-order valence-electron chi connectivity index (χ3n) is 5.27. The highest BCUT2D eigenvalue weighted by Crippen LogP contribution is 2.34. The molecule has 0 saturated carbocycles. The van der Waals surface area contributed by atoms with Crippen molar-refractivity contribution in [1.82, 2.24) is 0 Å². The van der Waals surface area contributed by atoms with Gasteiger partial charge in [0.2, 0.25) is 0 Å². The van der Waals surface area contributed by atoms with E-state index in [0.717, 1.165) is 5.56 Å². The number of hydrogen-bond donors (Lipinski definition) is 0. The first-order chi connectivity index (χ1) is 18.6. The summed E-state index contributed by atoms with van der Waals surface area (Å²) in [6.07, 6.45) is 10.4. The van der Waals surface area contributed by atoms with Gasteiger partial charge in [0.25, 0.3) is 0 Å². The van der Waals surface area contributed by atoms with Crippen molar-refractivity contribution in [2.75, 3.05) is 13.2 Å². The van der Waals surface area contributed by atoms with Gasteiger partial charge in [0.1, 0.15) is 36.2 Å². The molecule has 6 nitrogen and oxygen atoms in total. The number of esters is 2. The van der Waals surface area contributed by atoms with E-state index in [0.29, 0.717) is 33.9 Å². The molecule has 0 atom stereocenters. The standard InChI is InChI=1S/C32H22O6/c1-3-20-35-26-14-10-24(11-15-26)31(33)37-28-18-19-30(29(22-28)23-8-6-5-7-9-23)38-32(34)25-12-16-27(17-13-25)36-21-4-2/h1-2,5-19,22H,20-21H2. The second-order valence-corrected chi connectivity index (χ2v) is 7.84. The monoisotopic (exact) mass is 502 g/mol. The Morgan fingerprint density at radius 1 is 0.605 bits per heavy atom. The van der Waals surface area contributed by atoms with Gasteiger partial charge in [-0.3, -0.25) is 0 Å². The highest BCUT2D eigenvalue weighted by molar-refractivity contribution is 5.93. The fourth-order valence-corrected chi connectivity index (χ4v) is 3.45. The van der Waals surface area contributed by atoms with Crippen molar-refractivity contribution in [3.63, 3.8) is 0 Å². The fraction of sp³-hybridized carbons (Fsp3) is 0.0625. The van der Waals surface area contributed by atoms with E-state index in [1.165, 1.54) is 0 Å². The third-order valence-corrected chi connectivity index (χ3v) is 5.27. The second-order valence-electron chi connectivity index (χ2n) is 7.84. The van der Waals surface area contributed by atoms with E-state index in [4.69, 9.17) is 31.8 Å². The highest BCUT2D eigenvalue weighted by Gasteiger charge is 2.16. The molecule has 4 rings (SSSR count). The molecule has 38 heavy (non-hydrogen) atoms. The lowest BCUT2D eigenvalue weighted by atomic mass is 10.0. The molecule has 6 heteroatoms. The van der Waals surface area contributed by atoms with Crippen LogP contribution in [0.1, 0.15) is 20.7 Å². The van der Waals surface area contributed by atoms with E-state index in [-0.39, 0.29) is 19.0 Å². The molecule has 0 radical (unpaired) electrons. The first-order valence-corrected chi connectivity index (χ1v) is 11.5. The maximum atomic E-state index is 12.9. The maximum Gasteiger partial charge on any atom is 0.343 e. The van der Waals surface area contributed by atoms with Crippen molar-refractivity contribution >= 4 is 11.9 Å². The lowest BCUT2D eigenvalue weighted by Gasteiger charge is -2.13. The molecule has 0 aliphatic rings. The van der Waals surface area contributed by atoms with E-state index in [1.807, 2.05) is 30.3 Å². The van der Waals surface area contributed by atoms with Gasteiger partial charge in [0.15, 0.2) is 0 Å². The number of benzene rings is 4. The molecular formula is C32H22O6. The van der Waals surface area contributed by atoms with Crippen molar-refractivity contribution in [1.29, 1.82) is 0 Å². The lowest BCUT2D eigenvalue weighted by Crippen LogP contribution is -2.10. The highest BCUT2D eigenvalue weighted by atomic mass is 16.5. The van der Waals surface area contributed by atoms with Gasteiger partial charge in [-0.25, -0.2) is 9.59 Å². The zero-order valence-corrected chi connectivity index (χ0v) is 20.3. The number of ether oxygens (including phenoxy) is 4. The normalized spacial score (nSPS) is 9.95. The molecule has 0 saturated heterocycles. The topological polar surface area (TPSA) is 71.1 Å². The quantitative estimate of drug-likeness (QED) is 0.163. The van der Waals surface area contributed by atoms with E-state index >= 15 is 0 Å². The molecule has 0 aliphatic heterocycles. The molecule has 0 bridgehead atoms. The van der Waals surface area contributed by atoms with Crippen LogP contribution >= 0.6 is 0 Å². The summed E-state index contributed by atoms with van der Waals surface area (Å²) < 4.78 is 22.0. The van der Waals surface area contributed by atoms with Crippen LogP contribution in [0.5, 0.6) is 23.0 Å². The van der Waals surface area contributed by atoms with Gasteiger partial charge in [-0.1, -0.05) is 42.2 Å². The minimum Gasteiger partial charge on any atom is -0.481 e. The SMILES string of the molecule is C#CCOc1ccc(C(=O)Oc2ccc(OC(=O)c3ccc(OCC#C)cc3)c(-c3ccccc3)c2)cc1. The first kappa shape index (κ1) is 25.6. The summed E-state index contributed by atoms with van der Waals surface area (Å²) in [4.78, 5) is 25.6. The van der Waals surface area contributed by atoms with Crippen LogP contribution in [-0.4, -0.2) is 25.2 Å². The Hall–Kier alpha value is -5.46. The van der Waals surface area contributed by atoms with Crippen LogP contribution in [0.15, 0.2) is 97.1 Å². The average Bonchev–Trinajstić information content (AvgIpc) is 2.96. The summed E-state index contributed by atoms with van der Waals surface area (Å²) in [6, 6.07) is 27.0. The molecule has 0 heterocycles. The fourth-order valence-electron chi connectivity index (χ4n) is 3.45. The maximum absolute atomic E-state index is 12.9. The minimum atomic E-state index is -0.553. The van der Waals surface area contributed by atoms with Gasteiger partial charge in [-0.2, -0.15) is 0 Å². The average molecular weight is 503 g/mol. The predicted molar refractivity (Wildman–Crippen MR) is 143 cm³/mol. The second kappa shape index (κ2) is 12.5. The van der Waals surface area contributed by atoms with Gasteiger partial charge in [-0.05, 0) is 72.3 Å². The van der Waals surface area contributed by atoms with Gasteiger partial charge < -0.3 is 18.9 Å². The van der Waals surface area contributed by atoms with Gasteiger partial charge >= 0.3 is 11.9 Å². The minimum absolute atomic E-state index is 0.132. The zero-order valence-electron chi connectivity index (χ0n) is 20.3. The van der Waals surface area contributed by atoms with Crippen molar-refractivity contribution < 1.29 is 28.5 Å². The summed E-state index contributed by atoms with van der Waals surface area (Å²) in [6.45, 7) is 0.266.